The SMILES string of the molecule is CN(CCC1OCCCO1)C1CCCC1. The number of hydrogen-bond donors (Lipinski definition) is 0. The molecule has 1 aliphatic carbocycles. The van der Waals surface area contributed by atoms with E-state index >= 15 is 0 Å². The van der Waals surface area contributed by atoms with Crippen molar-refractivity contribution in [3.8, 4) is 0 Å². The smallest absolute Gasteiger partial charge is 0.158 e. The van der Waals surface area contributed by atoms with Crippen LogP contribution in [0.4, 0.5) is 0 Å². The van der Waals surface area contributed by atoms with E-state index in [2.05, 4.69) is 11.9 Å². The molecule has 1 saturated carbocycles. The van der Waals surface area contributed by atoms with E-state index in [0.29, 0.717) is 0 Å². The van der Waals surface area contributed by atoms with Crippen molar-refractivity contribution in [1.82, 2.24) is 4.90 Å². The highest BCUT2D eigenvalue weighted by atomic mass is 16.7. The lowest BCUT2D eigenvalue weighted by Crippen LogP contribution is -2.34. The fourth-order valence-electron chi connectivity index (χ4n) is 2.54. The highest BCUT2D eigenvalue weighted by molar-refractivity contribution is 4.75. The summed E-state index contributed by atoms with van der Waals surface area (Å²) in [5, 5.41) is 0. The van der Waals surface area contributed by atoms with Crippen molar-refractivity contribution in [3.63, 3.8) is 0 Å². The van der Waals surface area contributed by atoms with E-state index in [9.17, 15) is 0 Å². The Hall–Kier alpha value is -0.120. The van der Waals surface area contributed by atoms with Crippen LogP contribution in [-0.2, 0) is 9.47 Å². The van der Waals surface area contributed by atoms with Crippen LogP contribution in [0.15, 0.2) is 0 Å². The van der Waals surface area contributed by atoms with Gasteiger partial charge in [0.25, 0.3) is 0 Å². The fourth-order valence-corrected chi connectivity index (χ4v) is 2.54. The van der Waals surface area contributed by atoms with Crippen molar-refractivity contribution in [2.24, 2.45) is 0 Å². The molecule has 0 atom stereocenters. The van der Waals surface area contributed by atoms with Crippen molar-refractivity contribution in [1.29, 1.82) is 0 Å². The topological polar surface area (TPSA) is 21.7 Å². The zero-order valence-corrected chi connectivity index (χ0v) is 9.78. The zero-order valence-electron chi connectivity index (χ0n) is 9.78. The minimum absolute atomic E-state index is 0.0580. The second-order valence-corrected chi connectivity index (χ2v) is 4.73. The molecule has 0 amide bonds. The van der Waals surface area contributed by atoms with Crippen molar-refractivity contribution in [2.45, 2.75) is 50.9 Å². The Morgan fingerprint density at radius 2 is 1.73 bits per heavy atom. The van der Waals surface area contributed by atoms with Crippen LogP contribution >= 0.6 is 0 Å². The summed E-state index contributed by atoms with van der Waals surface area (Å²) in [5.74, 6) is 0. The summed E-state index contributed by atoms with van der Waals surface area (Å²) >= 11 is 0. The number of rotatable bonds is 4. The average molecular weight is 213 g/mol. The van der Waals surface area contributed by atoms with Gasteiger partial charge < -0.3 is 14.4 Å². The third-order valence-electron chi connectivity index (χ3n) is 3.56. The predicted octanol–water partition coefficient (Wildman–Crippen LogP) is 2.01. The molecule has 1 aliphatic heterocycles. The molecular weight excluding hydrogens is 190 g/mol. The molecule has 3 heteroatoms. The summed E-state index contributed by atoms with van der Waals surface area (Å²) in [6.45, 7) is 2.85. The molecule has 3 nitrogen and oxygen atoms in total. The van der Waals surface area contributed by atoms with Gasteiger partial charge in [-0.05, 0) is 26.3 Å². The fraction of sp³-hybridized carbons (Fsp3) is 1.00. The molecule has 0 aromatic rings. The number of ether oxygens (including phenoxy) is 2. The van der Waals surface area contributed by atoms with Crippen molar-refractivity contribution in [3.05, 3.63) is 0 Å². The first-order valence-electron chi connectivity index (χ1n) is 6.30. The molecule has 0 bridgehead atoms. The Morgan fingerprint density at radius 1 is 1.07 bits per heavy atom. The summed E-state index contributed by atoms with van der Waals surface area (Å²) in [7, 11) is 2.23. The van der Waals surface area contributed by atoms with Crippen LogP contribution in [0, 0.1) is 0 Å². The Balaban J connectivity index is 1.63. The van der Waals surface area contributed by atoms with Gasteiger partial charge in [-0.25, -0.2) is 0 Å². The standard InChI is InChI=1S/C12H23NO2/c1-13(11-5-2-3-6-11)8-7-12-14-9-4-10-15-12/h11-12H,2-10H2,1H3. The molecule has 0 radical (unpaired) electrons. The van der Waals surface area contributed by atoms with Crippen LogP contribution in [0.2, 0.25) is 0 Å². The maximum atomic E-state index is 5.54. The van der Waals surface area contributed by atoms with Gasteiger partial charge in [-0.3, -0.25) is 0 Å². The molecule has 2 rings (SSSR count). The monoisotopic (exact) mass is 213 g/mol. The van der Waals surface area contributed by atoms with Crippen molar-refractivity contribution < 1.29 is 9.47 Å². The van der Waals surface area contributed by atoms with Crippen LogP contribution in [0.5, 0.6) is 0 Å². The van der Waals surface area contributed by atoms with Gasteiger partial charge in [0.05, 0.1) is 13.2 Å². The molecule has 15 heavy (non-hydrogen) atoms. The molecule has 0 aromatic carbocycles. The van der Waals surface area contributed by atoms with E-state index in [0.717, 1.165) is 38.6 Å². The van der Waals surface area contributed by atoms with Gasteiger partial charge in [-0.15, -0.1) is 0 Å². The van der Waals surface area contributed by atoms with Gasteiger partial charge in [0.1, 0.15) is 0 Å². The van der Waals surface area contributed by atoms with Crippen molar-refractivity contribution >= 4 is 0 Å². The van der Waals surface area contributed by atoms with Gasteiger partial charge in [0.2, 0.25) is 0 Å². The number of nitrogens with zero attached hydrogens (tertiary/aromatic N) is 1. The van der Waals surface area contributed by atoms with Crippen molar-refractivity contribution in [2.75, 3.05) is 26.8 Å². The van der Waals surface area contributed by atoms with E-state index in [-0.39, 0.29) is 6.29 Å². The Kier molecular flexibility index (Phi) is 4.42. The summed E-state index contributed by atoms with van der Waals surface area (Å²) in [4.78, 5) is 2.48. The zero-order chi connectivity index (χ0) is 10.5. The minimum atomic E-state index is 0.0580. The maximum Gasteiger partial charge on any atom is 0.158 e. The molecule has 2 aliphatic rings. The van der Waals surface area contributed by atoms with Crippen LogP contribution < -0.4 is 0 Å². The largest absolute Gasteiger partial charge is 0.353 e. The van der Waals surface area contributed by atoms with Gasteiger partial charge in [-0.1, -0.05) is 12.8 Å². The first-order chi connectivity index (χ1) is 7.36. The molecular formula is C12H23NO2. The highest BCUT2D eigenvalue weighted by Crippen LogP contribution is 2.22. The normalized spacial score (nSPS) is 25.2. The van der Waals surface area contributed by atoms with Gasteiger partial charge >= 0.3 is 0 Å². The van der Waals surface area contributed by atoms with Crippen LogP contribution in [0.3, 0.4) is 0 Å². The van der Waals surface area contributed by atoms with Crippen LogP contribution in [0.1, 0.15) is 38.5 Å². The predicted molar refractivity (Wildman–Crippen MR) is 59.8 cm³/mol. The molecule has 0 unspecified atom stereocenters. The average Bonchev–Trinajstić information content (AvgIpc) is 2.81. The quantitative estimate of drug-likeness (QED) is 0.713. The highest BCUT2D eigenvalue weighted by Gasteiger charge is 2.21. The van der Waals surface area contributed by atoms with Gasteiger partial charge in [0, 0.05) is 19.0 Å². The van der Waals surface area contributed by atoms with E-state index < -0.39 is 0 Å². The third kappa shape index (κ3) is 3.44. The molecule has 0 N–H and O–H groups in total. The molecule has 2 fully saturated rings. The van der Waals surface area contributed by atoms with E-state index in [1.54, 1.807) is 0 Å². The summed E-state index contributed by atoms with van der Waals surface area (Å²) in [5.41, 5.74) is 0. The summed E-state index contributed by atoms with van der Waals surface area (Å²) in [6.07, 6.45) is 7.70. The van der Waals surface area contributed by atoms with E-state index in [1.807, 2.05) is 0 Å². The lowest BCUT2D eigenvalue weighted by atomic mass is 10.2. The molecule has 1 saturated heterocycles. The lowest BCUT2D eigenvalue weighted by Gasteiger charge is -2.28. The molecule has 88 valence electrons. The summed E-state index contributed by atoms with van der Waals surface area (Å²) < 4.78 is 11.1. The molecule has 0 spiro atoms. The van der Waals surface area contributed by atoms with E-state index in [4.69, 9.17) is 9.47 Å². The van der Waals surface area contributed by atoms with Crippen LogP contribution in [-0.4, -0.2) is 44.0 Å². The second-order valence-electron chi connectivity index (χ2n) is 4.73. The maximum absolute atomic E-state index is 5.54. The second kappa shape index (κ2) is 5.83. The lowest BCUT2D eigenvalue weighted by molar-refractivity contribution is -0.182. The van der Waals surface area contributed by atoms with Gasteiger partial charge in [0.15, 0.2) is 6.29 Å². The minimum Gasteiger partial charge on any atom is -0.353 e. The summed E-state index contributed by atoms with van der Waals surface area (Å²) in [6, 6.07) is 0.814. The van der Waals surface area contributed by atoms with Crippen LogP contribution in [0.25, 0.3) is 0 Å². The Labute approximate surface area is 92.7 Å². The van der Waals surface area contributed by atoms with E-state index in [1.165, 1.54) is 25.7 Å². The number of hydrogen-bond acceptors (Lipinski definition) is 3. The Bertz CT molecular complexity index is 174. The molecule has 0 aromatic heterocycles. The third-order valence-corrected chi connectivity index (χ3v) is 3.56. The first-order valence-corrected chi connectivity index (χ1v) is 6.30. The first kappa shape index (κ1) is 11.4. The Morgan fingerprint density at radius 3 is 2.40 bits per heavy atom. The molecule has 1 heterocycles. The van der Waals surface area contributed by atoms with Gasteiger partial charge in [-0.2, -0.15) is 0 Å².